The summed E-state index contributed by atoms with van der Waals surface area (Å²) in [5, 5.41) is 8.70. The molecule has 0 aromatic rings. The Morgan fingerprint density at radius 3 is 2.06 bits per heavy atom. The first-order valence-corrected chi connectivity index (χ1v) is 6.66. The molecule has 0 rings (SSSR count). The molecule has 0 fully saturated rings. The maximum atomic E-state index is 11.6. The maximum Gasteiger partial charge on any atom is 0.242 e. The van der Waals surface area contributed by atoms with E-state index in [0.717, 1.165) is 13.0 Å². The fraction of sp³-hybridized carbons (Fsp3) is 0.846. The quantitative estimate of drug-likeness (QED) is 0.563. The van der Waals surface area contributed by atoms with Crippen molar-refractivity contribution in [3.8, 4) is 0 Å². The van der Waals surface area contributed by atoms with Crippen molar-refractivity contribution in [1.29, 1.82) is 0 Å². The van der Waals surface area contributed by atoms with Gasteiger partial charge in [0.25, 0.3) is 0 Å². The molecule has 106 valence electrons. The van der Waals surface area contributed by atoms with Crippen LogP contribution < -0.4 is 16.0 Å². The van der Waals surface area contributed by atoms with Gasteiger partial charge in [-0.25, -0.2) is 0 Å². The number of carbonyl (C=O) groups excluding carboxylic acids is 2. The van der Waals surface area contributed by atoms with Gasteiger partial charge in [-0.3, -0.25) is 9.59 Å². The minimum absolute atomic E-state index is 0.0769. The molecule has 5 nitrogen and oxygen atoms in total. The van der Waals surface area contributed by atoms with Crippen LogP contribution in [-0.4, -0.2) is 36.5 Å². The Morgan fingerprint density at radius 2 is 1.56 bits per heavy atom. The standard InChI is InChI=1S/C13H27N3O2/c1-9(2)14-8-6-7-12(17)16-11(5)13(18)15-10(3)4/h9-11,14H,6-8H2,1-5H3,(H,15,18)(H,16,17). The molecule has 0 aliphatic rings. The van der Waals surface area contributed by atoms with Gasteiger partial charge in [0.15, 0.2) is 0 Å². The van der Waals surface area contributed by atoms with Gasteiger partial charge in [0, 0.05) is 18.5 Å². The molecular formula is C13H27N3O2. The van der Waals surface area contributed by atoms with Gasteiger partial charge in [0.05, 0.1) is 0 Å². The predicted octanol–water partition coefficient (Wildman–Crippen LogP) is 0.794. The highest BCUT2D eigenvalue weighted by Gasteiger charge is 2.15. The second-order valence-corrected chi connectivity index (χ2v) is 5.16. The lowest BCUT2D eigenvalue weighted by Gasteiger charge is -2.16. The molecule has 1 unspecified atom stereocenters. The van der Waals surface area contributed by atoms with E-state index in [4.69, 9.17) is 0 Å². The van der Waals surface area contributed by atoms with Gasteiger partial charge >= 0.3 is 0 Å². The average molecular weight is 257 g/mol. The zero-order valence-electron chi connectivity index (χ0n) is 12.2. The van der Waals surface area contributed by atoms with E-state index in [1.807, 2.05) is 13.8 Å². The predicted molar refractivity (Wildman–Crippen MR) is 73.3 cm³/mol. The normalized spacial score (nSPS) is 12.6. The maximum absolute atomic E-state index is 11.6. The van der Waals surface area contributed by atoms with Gasteiger partial charge in [-0.2, -0.15) is 0 Å². The summed E-state index contributed by atoms with van der Waals surface area (Å²) < 4.78 is 0. The zero-order chi connectivity index (χ0) is 14.1. The Bertz CT molecular complexity index is 265. The molecule has 0 spiro atoms. The second kappa shape index (κ2) is 8.91. The summed E-state index contributed by atoms with van der Waals surface area (Å²) in [5.41, 5.74) is 0. The summed E-state index contributed by atoms with van der Waals surface area (Å²) in [7, 11) is 0. The van der Waals surface area contributed by atoms with Crippen LogP contribution in [0.1, 0.15) is 47.5 Å². The molecule has 0 aromatic carbocycles. The second-order valence-electron chi connectivity index (χ2n) is 5.16. The molecule has 3 N–H and O–H groups in total. The van der Waals surface area contributed by atoms with Crippen LogP contribution in [0.3, 0.4) is 0 Å². The average Bonchev–Trinajstić information content (AvgIpc) is 2.23. The number of hydrogen-bond donors (Lipinski definition) is 3. The highest BCUT2D eigenvalue weighted by atomic mass is 16.2. The Balaban J connectivity index is 3.76. The molecule has 0 aliphatic carbocycles. The summed E-state index contributed by atoms with van der Waals surface area (Å²) >= 11 is 0. The molecule has 0 aliphatic heterocycles. The van der Waals surface area contributed by atoms with Crippen molar-refractivity contribution in [2.75, 3.05) is 6.54 Å². The van der Waals surface area contributed by atoms with E-state index in [1.165, 1.54) is 0 Å². The topological polar surface area (TPSA) is 70.2 Å². The molecule has 0 saturated carbocycles. The van der Waals surface area contributed by atoms with E-state index in [1.54, 1.807) is 6.92 Å². The molecule has 18 heavy (non-hydrogen) atoms. The fourth-order valence-corrected chi connectivity index (χ4v) is 1.43. The minimum Gasteiger partial charge on any atom is -0.352 e. The first kappa shape index (κ1) is 16.9. The number of hydrogen-bond acceptors (Lipinski definition) is 3. The van der Waals surface area contributed by atoms with Gasteiger partial charge in [-0.1, -0.05) is 13.8 Å². The Hall–Kier alpha value is -1.10. The molecule has 0 aromatic heterocycles. The van der Waals surface area contributed by atoms with Crippen molar-refractivity contribution in [3.63, 3.8) is 0 Å². The summed E-state index contributed by atoms with van der Waals surface area (Å²) in [6.45, 7) is 10.4. The summed E-state index contributed by atoms with van der Waals surface area (Å²) in [6.07, 6.45) is 1.22. The third kappa shape index (κ3) is 8.98. The van der Waals surface area contributed by atoms with Crippen LogP contribution in [0, 0.1) is 0 Å². The molecule has 0 heterocycles. The first-order chi connectivity index (χ1) is 8.32. The zero-order valence-corrected chi connectivity index (χ0v) is 12.2. The van der Waals surface area contributed by atoms with Crippen LogP contribution in [0.25, 0.3) is 0 Å². The van der Waals surface area contributed by atoms with E-state index >= 15 is 0 Å². The van der Waals surface area contributed by atoms with Crippen molar-refractivity contribution in [3.05, 3.63) is 0 Å². The molecule has 2 amide bonds. The van der Waals surface area contributed by atoms with Crippen molar-refractivity contribution in [1.82, 2.24) is 16.0 Å². The lowest BCUT2D eigenvalue weighted by Crippen LogP contribution is -2.46. The van der Waals surface area contributed by atoms with Crippen molar-refractivity contribution in [2.24, 2.45) is 0 Å². The van der Waals surface area contributed by atoms with Crippen LogP contribution in [0.2, 0.25) is 0 Å². The van der Waals surface area contributed by atoms with E-state index < -0.39 is 6.04 Å². The fourth-order valence-electron chi connectivity index (χ4n) is 1.43. The highest BCUT2D eigenvalue weighted by Crippen LogP contribution is 1.92. The van der Waals surface area contributed by atoms with Crippen molar-refractivity contribution >= 4 is 11.8 Å². The minimum atomic E-state index is -0.474. The number of amides is 2. The van der Waals surface area contributed by atoms with E-state index in [2.05, 4.69) is 29.8 Å². The van der Waals surface area contributed by atoms with E-state index in [9.17, 15) is 9.59 Å². The van der Waals surface area contributed by atoms with Crippen LogP contribution in [0.5, 0.6) is 0 Å². The Kier molecular flexibility index (Phi) is 8.37. The van der Waals surface area contributed by atoms with Gasteiger partial charge in [-0.15, -0.1) is 0 Å². The van der Waals surface area contributed by atoms with Gasteiger partial charge in [0.2, 0.25) is 11.8 Å². The molecule has 0 bridgehead atoms. The number of nitrogens with one attached hydrogen (secondary N) is 3. The lowest BCUT2D eigenvalue weighted by molar-refractivity contribution is -0.128. The van der Waals surface area contributed by atoms with Gasteiger partial charge < -0.3 is 16.0 Å². The molecule has 5 heteroatoms. The van der Waals surface area contributed by atoms with E-state index in [0.29, 0.717) is 12.5 Å². The summed E-state index contributed by atoms with van der Waals surface area (Å²) in [6, 6.07) is 0.0499. The monoisotopic (exact) mass is 257 g/mol. The molecular weight excluding hydrogens is 230 g/mol. The number of carbonyl (C=O) groups is 2. The lowest BCUT2D eigenvalue weighted by atomic mass is 10.2. The van der Waals surface area contributed by atoms with Gasteiger partial charge in [-0.05, 0) is 33.7 Å². The largest absolute Gasteiger partial charge is 0.352 e. The van der Waals surface area contributed by atoms with Crippen LogP contribution in [0.4, 0.5) is 0 Å². The molecule has 1 atom stereocenters. The molecule has 0 saturated heterocycles. The number of rotatable bonds is 8. The molecule has 0 radical (unpaired) electrons. The Labute approximate surface area is 110 Å². The summed E-state index contributed by atoms with van der Waals surface area (Å²) in [5.74, 6) is -0.217. The third-order valence-corrected chi connectivity index (χ3v) is 2.33. The van der Waals surface area contributed by atoms with Crippen molar-refractivity contribution in [2.45, 2.75) is 65.6 Å². The van der Waals surface area contributed by atoms with Crippen LogP contribution >= 0.6 is 0 Å². The highest BCUT2D eigenvalue weighted by molar-refractivity contribution is 5.87. The van der Waals surface area contributed by atoms with E-state index in [-0.39, 0.29) is 17.9 Å². The van der Waals surface area contributed by atoms with Crippen LogP contribution in [-0.2, 0) is 9.59 Å². The first-order valence-electron chi connectivity index (χ1n) is 6.66. The third-order valence-electron chi connectivity index (χ3n) is 2.33. The summed E-state index contributed by atoms with van der Waals surface area (Å²) in [4.78, 5) is 23.1. The smallest absolute Gasteiger partial charge is 0.242 e. The SMILES string of the molecule is CC(C)NCCCC(=O)NC(C)C(=O)NC(C)C. The Morgan fingerprint density at radius 1 is 0.944 bits per heavy atom. The van der Waals surface area contributed by atoms with Crippen LogP contribution in [0.15, 0.2) is 0 Å². The van der Waals surface area contributed by atoms with Crippen molar-refractivity contribution < 1.29 is 9.59 Å². The van der Waals surface area contributed by atoms with Gasteiger partial charge in [0.1, 0.15) is 6.04 Å².